The maximum atomic E-state index is 11.1. The molecule has 0 amide bonds. The molecule has 4 atom stereocenters. The highest BCUT2D eigenvalue weighted by molar-refractivity contribution is 7.85. The van der Waals surface area contributed by atoms with E-state index in [2.05, 4.69) is 50.5 Å². The van der Waals surface area contributed by atoms with Gasteiger partial charge in [0.1, 0.15) is 4.91 Å². The largest absolute Gasteiger partial charge is 0.477 e. The van der Waals surface area contributed by atoms with Crippen molar-refractivity contribution in [1.29, 1.82) is 0 Å². The average Bonchev–Trinajstić information content (AvgIpc) is 2.28. The van der Waals surface area contributed by atoms with Gasteiger partial charge in [-0.2, -0.15) is 60.2 Å². The number of rotatable bonds is 10. The molecule has 4 N–H and O–H groups in total. The maximum Gasteiger partial charge on any atom is 0.477 e. The van der Waals surface area contributed by atoms with Gasteiger partial charge in [-0.3, -0.25) is 0 Å². The third-order valence-electron chi connectivity index (χ3n) is 2.01. The van der Waals surface area contributed by atoms with Crippen LogP contribution in [0, 0.1) is 4.91 Å². The minimum atomic E-state index is -0.361. The van der Waals surface area contributed by atoms with Crippen LogP contribution in [0.3, 0.4) is 0 Å². The van der Waals surface area contributed by atoms with Gasteiger partial charge in [-0.1, -0.05) is 0 Å². The van der Waals surface area contributed by atoms with Gasteiger partial charge in [0, 0.05) is 23.3 Å². The van der Waals surface area contributed by atoms with Gasteiger partial charge >= 0.3 is 5.09 Å². The Morgan fingerprint density at radius 1 is 0.889 bits per heavy atom. The lowest BCUT2D eigenvalue weighted by molar-refractivity contribution is -0.981. The molecule has 18 heavy (non-hydrogen) atoms. The normalized spacial score (nSPS) is 17.7. The molecule has 0 aliphatic carbocycles. The quantitative estimate of drug-likeness (QED) is 0.198. The van der Waals surface area contributed by atoms with Crippen LogP contribution < -0.4 is 11.5 Å². The van der Waals surface area contributed by atoms with E-state index in [1.54, 1.807) is 0 Å². The van der Waals surface area contributed by atoms with Gasteiger partial charge in [0.15, 0.2) is 13.2 Å². The highest BCUT2D eigenvalue weighted by atomic mass is 32.1. The molecule has 0 aromatic rings. The second-order valence-electron chi connectivity index (χ2n) is 3.58. The van der Waals surface area contributed by atoms with E-state index in [9.17, 15) is 4.91 Å². The van der Waals surface area contributed by atoms with Crippen molar-refractivity contribution in [2.45, 2.75) is 34.1 Å². The van der Waals surface area contributed by atoms with E-state index >= 15 is 0 Å². The smallest absolute Gasteiger partial charge is 0.319 e. The first-order valence-electron chi connectivity index (χ1n) is 5.31. The highest BCUT2D eigenvalue weighted by Gasteiger charge is 2.17. The van der Waals surface area contributed by atoms with E-state index in [1.165, 1.54) is 0 Å². The van der Waals surface area contributed by atoms with Crippen molar-refractivity contribution in [1.82, 2.24) is 0 Å². The fourth-order valence-electron chi connectivity index (χ4n) is 0.875. The van der Waals surface area contributed by atoms with E-state index in [1.807, 2.05) is 0 Å². The topological polar surface area (TPSA) is 90.6 Å². The Kier molecular flexibility index (Phi) is 10.6. The van der Waals surface area contributed by atoms with Crippen LogP contribution in [0.4, 0.5) is 0 Å². The molecule has 0 aromatic heterocycles. The first kappa shape index (κ1) is 18.5. The SMILES string of the molecule is NC(S)C(S)CCO[N+](=O)OCCC(S)C(N)S. The van der Waals surface area contributed by atoms with Crippen LogP contribution in [0.5, 0.6) is 0 Å². The van der Waals surface area contributed by atoms with Crippen LogP contribution in [0.1, 0.15) is 12.8 Å². The molecular formula is C8H20N3O3S4+. The zero-order valence-corrected chi connectivity index (χ0v) is 13.3. The molecule has 0 aliphatic heterocycles. The van der Waals surface area contributed by atoms with Crippen molar-refractivity contribution in [3.8, 4) is 0 Å². The number of thiol groups is 4. The van der Waals surface area contributed by atoms with Gasteiger partial charge in [0.2, 0.25) is 0 Å². The van der Waals surface area contributed by atoms with Crippen molar-refractivity contribution < 1.29 is 14.8 Å². The summed E-state index contributed by atoms with van der Waals surface area (Å²) in [5.41, 5.74) is 11.0. The average molecular weight is 335 g/mol. The minimum absolute atomic E-state index is 0.0646. The molecule has 6 nitrogen and oxygen atoms in total. The number of nitrogens with zero attached hydrogens (tertiary/aromatic N) is 1. The fraction of sp³-hybridized carbons (Fsp3) is 1.00. The van der Waals surface area contributed by atoms with E-state index < -0.39 is 0 Å². The molecule has 10 heteroatoms. The third-order valence-corrected chi connectivity index (χ3v) is 4.36. The Bertz CT molecular complexity index is 224. The lowest BCUT2D eigenvalue weighted by Gasteiger charge is -2.11. The molecule has 0 rings (SSSR count). The second-order valence-corrected chi connectivity index (χ2v) is 6.10. The molecule has 0 bridgehead atoms. The molecule has 108 valence electrons. The molecule has 4 unspecified atom stereocenters. The predicted molar refractivity (Wildman–Crippen MR) is 84.2 cm³/mol. The van der Waals surface area contributed by atoms with Crippen molar-refractivity contribution >= 4 is 50.5 Å². The molecular weight excluding hydrogens is 314 g/mol. The molecule has 0 fully saturated rings. The van der Waals surface area contributed by atoms with Crippen molar-refractivity contribution in [3.63, 3.8) is 0 Å². The number of hydrogen-bond acceptors (Lipinski definition) is 9. The van der Waals surface area contributed by atoms with Crippen molar-refractivity contribution in [3.05, 3.63) is 4.91 Å². The van der Waals surface area contributed by atoms with E-state index in [0.717, 1.165) is 0 Å². The summed E-state index contributed by atoms with van der Waals surface area (Å²) in [7, 11) is 0. The summed E-state index contributed by atoms with van der Waals surface area (Å²) in [5, 5.41) is -0.953. The predicted octanol–water partition coefficient (Wildman–Crippen LogP) is 0.435. The monoisotopic (exact) mass is 334 g/mol. The maximum absolute atomic E-state index is 11.1. The minimum Gasteiger partial charge on any atom is -0.319 e. The van der Waals surface area contributed by atoms with E-state index in [-0.39, 0.29) is 39.5 Å². The van der Waals surface area contributed by atoms with Gasteiger partial charge < -0.3 is 11.5 Å². The Balaban J connectivity index is 3.55. The third kappa shape index (κ3) is 9.45. The molecule has 0 saturated carbocycles. The van der Waals surface area contributed by atoms with Crippen LogP contribution >= 0.6 is 50.5 Å². The first-order valence-corrected chi connectivity index (χ1v) is 7.37. The van der Waals surface area contributed by atoms with Gasteiger partial charge in [-0.05, 0) is 0 Å². The Hall–Kier alpha value is 0.520. The summed E-state index contributed by atoms with van der Waals surface area (Å²) in [6.07, 6.45) is 0.985. The van der Waals surface area contributed by atoms with E-state index in [4.69, 9.17) is 21.1 Å². The second kappa shape index (κ2) is 10.3. The summed E-state index contributed by atoms with van der Waals surface area (Å²) >= 11 is 16.4. The highest BCUT2D eigenvalue weighted by Crippen LogP contribution is 2.09. The summed E-state index contributed by atoms with van der Waals surface area (Å²) in [5.74, 6) is 0. The molecule has 0 spiro atoms. The van der Waals surface area contributed by atoms with Crippen LogP contribution in [0.2, 0.25) is 0 Å². The molecule has 0 heterocycles. The zero-order valence-electron chi connectivity index (χ0n) is 9.75. The number of hydrogen-bond donors (Lipinski definition) is 6. The Morgan fingerprint density at radius 3 is 1.50 bits per heavy atom. The van der Waals surface area contributed by atoms with Crippen LogP contribution in [0.25, 0.3) is 0 Å². The summed E-state index contributed by atoms with van der Waals surface area (Å²) in [4.78, 5) is 20.6. The van der Waals surface area contributed by atoms with Crippen LogP contribution in [0.15, 0.2) is 0 Å². The van der Waals surface area contributed by atoms with Crippen LogP contribution in [-0.2, 0) is 9.68 Å². The summed E-state index contributed by atoms with van der Waals surface area (Å²) in [6, 6.07) is 0. The van der Waals surface area contributed by atoms with Gasteiger partial charge in [-0.15, -0.1) is 0 Å². The van der Waals surface area contributed by atoms with Crippen LogP contribution in [-0.4, -0.2) is 39.5 Å². The summed E-state index contributed by atoms with van der Waals surface area (Å²) < 4.78 is 0. The molecule has 0 saturated heterocycles. The van der Waals surface area contributed by atoms with Gasteiger partial charge in [-0.25, -0.2) is 0 Å². The van der Waals surface area contributed by atoms with Crippen molar-refractivity contribution in [2.24, 2.45) is 11.5 Å². The van der Waals surface area contributed by atoms with Gasteiger partial charge in [0.05, 0.1) is 10.7 Å². The summed E-state index contributed by atoms with van der Waals surface area (Å²) in [6.45, 7) is 0.310. The fourth-order valence-corrected chi connectivity index (χ4v) is 1.38. The Morgan fingerprint density at radius 2 is 1.22 bits per heavy atom. The lowest BCUT2D eigenvalue weighted by atomic mass is 10.3. The standard InChI is InChI=1S/C8H19N3O3S4/c9-7(17)5(15)1-3-13-11(12)14-4-2-6(16)8(10)18/h5-8H,1-4,9-10H2,(H3-,15,16,17,18)/p+1. The van der Waals surface area contributed by atoms with Crippen molar-refractivity contribution in [2.75, 3.05) is 13.2 Å². The van der Waals surface area contributed by atoms with Gasteiger partial charge in [0.25, 0.3) is 0 Å². The first-order chi connectivity index (χ1) is 8.34. The molecule has 0 aromatic carbocycles. The zero-order chi connectivity index (χ0) is 14.1. The number of nitrogens with two attached hydrogens (primary N) is 2. The molecule has 0 radical (unpaired) electrons. The lowest BCUT2D eigenvalue weighted by Crippen LogP contribution is -2.27. The molecule has 0 aliphatic rings. The van der Waals surface area contributed by atoms with E-state index in [0.29, 0.717) is 12.8 Å². The Labute approximate surface area is 129 Å².